The second-order valence-corrected chi connectivity index (χ2v) is 5.44. The molecule has 0 aromatic carbocycles. The van der Waals surface area contributed by atoms with Gasteiger partial charge in [0.15, 0.2) is 0 Å². The van der Waals surface area contributed by atoms with Crippen LogP contribution in [0.1, 0.15) is 40.5 Å². The summed E-state index contributed by atoms with van der Waals surface area (Å²) in [7, 11) is 0. The summed E-state index contributed by atoms with van der Waals surface area (Å²) < 4.78 is 26.0. The fraction of sp³-hybridized carbons (Fsp3) is 1.00. The van der Waals surface area contributed by atoms with Gasteiger partial charge in [-0.1, -0.05) is 13.8 Å². The topological polar surface area (TPSA) is 3.24 Å². The molecule has 0 unspecified atom stereocenters. The monoisotopic (exact) mass is 205 g/mol. The molecule has 84 valence electrons. The van der Waals surface area contributed by atoms with Crippen LogP contribution in [0.3, 0.4) is 0 Å². The Labute approximate surface area is 85.5 Å². The highest BCUT2D eigenvalue weighted by molar-refractivity contribution is 4.91. The van der Waals surface area contributed by atoms with Crippen LogP contribution in [0.2, 0.25) is 0 Å². The zero-order valence-corrected chi connectivity index (χ0v) is 9.61. The van der Waals surface area contributed by atoms with E-state index in [-0.39, 0.29) is 18.5 Å². The van der Waals surface area contributed by atoms with Crippen LogP contribution in [0.4, 0.5) is 8.78 Å². The largest absolute Gasteiger partial charge is 0.292 e. The van der Waals surface area contributed by atoms with Gasteiger partial charge in [0.25, 0.3) is 5.92 Å². The third-order valence-corrected chi connectivity index (χ3v) is 2.93. The number of likely N-dealkylation sites (tertiary alicyclic amines) is 1. The molecule has 0 amide bonds. The van der Waals surface area contributed by atoms with Gasteiger partial charge in [-0.15, -0.1) is 0 Å². The van der Waals surface area contributed by atoms with Crippen molar-refractivity contribution in [3.8, 4) is 0 Å². The number of alkyl halides is 2. The van der Waals surface area contributed by atoms with Crippen molar-refractivity contribution in [1.29, 1.82) is 0 Å². The Kier molecular flexibility index (Phi) is 3.20. The van der Waals surface area contributed by atoms with E-state index in [9.17, 15) is 8.78 Å². The lowest BCUT2D eigenvalue weighted by atomic mass is 9.91. The molecule has 1 aliphatic heterocycles. The van der Waals surface area contributed by atoms with Gasteiger partial charge < -0.3 is 0 Å². The molecule has 1 saturated heterocycles. The van der Waals surface area contributed by atoms with Gasteiger partial charge in [0.2, 0.25) is 0 Å². The Hall–Kier alpha value is -0.180. The minimum Gasteiger partial charge on any atom is -0.292 e. The quantitative estimate of drug-likeness (QED) is 0.684. The number of rotatable bonds is 3. The van der Waals surface area contributed by atoms with Gasteiger partial charge in [-0.2, -0.15) is 0 Å². The first-order valence-corrected chi connectivity index (χ1v) is 5.36. The molecule has 1 fully saturated rings. The van der Waals surface area contributed by atoms with Crippen molar-refractivity contribution >= 4 is 0 Å². The Morgan fingerprint density at radius 2 is 1.93 bits per heavy atom. The third-order valence-electron chi connectivity index (χ3n) is 2.93. The lowest BCUT2D eigenvalue weighted by Gasteiger charge is -2.36. The molecule has 0 aromatic heterocycles. The van der Waals surface area contributed by atoms with Gasteiger partial charge >= 0.3 is 0 Å². The van der Waals surface area contributed by atoms with Crippen molar-refractivity contribution < 1.29 is 8.78 Å². The Bertz CT molecular complexity index is 199. The molecule has 1 rings (SSSR count). The summed E-state index contributed by atoms with van der Waals surface area (Å²) in [5.74, 6) is -1.91. The minimum absolute atomic E-state index is 0.0223. The van der Waals surface area contributed by atoms with Crippen LogP contribution < -0.4 is 0 Å². The molecule has 0 bridgehead atoms. The smallest absolute Gasteiger partial charge is 0.261 e. The maximum Gasteiger partial charge on any atom is 0.261 e. The van der Waals surface area contributed by atoms with Crippen molar-refractivity contribution in [2.24, 2.45) is 5.92 Å². The standard InChI is InChI=1S/C11H21F2N/c1-9(2)7-10(3,4)14-6-5-11(12,13)8-14/h9H,5-8H2,1-4H3. The van der Waals surface area contributed by atoms with Crippen LogP contribution in [0.5, 0.6) is 0 Å². The zero-order valence-electron chi connectivity index (χ0n) is 9.61. The van der Waals surface area contributed by atoms with E-state index < -0.39 is 5.92 Å². The highest BCUT2D eigenvalue weighted by Crippen LogP contribution is 2.34. The summed E-state index contributed by atoms with van der Waals surface area (Å²) in [4.78, 5) is 1.92. The summed E-state index contributed by atoms with van der Waals surface area (Å²) in [6.07, 6.45) is 0.998. The molecule has 1 nitrogen and oxygen atoms in total. The molecule has 0 spiro atoms. The lowest BCUT2D eigenvalue weighted by molar-refractivity contribution is -0.00288. The first-order chi connectivity index (χ1) is 6.23. The van der Waals surface area contributed by atoms with E-state index in [1.54, 1.807) is 0 Å². The predicted molar refractivity (Wildman–Crippen MR) is 54.7 cm³/mol. The molecule has 1 aliphatic rings. The van der Waals surface area contributed by atoms with Crippen molar-refractivity contribution in [2.75, 3.05) is 13.1 Å². The number of hydrogen-bond donors (Lipinski definition) is 0. The van der Waals surface area contributed by atoms with Crippen LogP contribution in [-0.2, 0) is 0 Å². The van der Waals surface area contributed by atoms with Crippen molar-refractivity contribution in [1.82, 2.24) is 4.90 Å². The zero-order chi connectivity index (χ0) is 11.0. The minimum atomic E-state index is -2.46. The van der Waals surface area contributed by atoms with Crippen molar-refractivity contribution in [3.05, 3.63) is 0 Å². The second kappa shape index (κ2) is 3.76. The maximum absolute atomic E-state index is 13.0. The van der Waals surface area contributed by atoms with E-state index in [4.69, 9.17) is 0 Å². The van der Waals surface area contributed by atoms with Gasteiger partial charge in [0.1, 0.15) is 0 Å². The summed E-state index contributed by atoms with van der Waals surface area (Å²) in [6, 6.07) is 0. The van der Waals surface area contributed by atoms with E-state index in [0.717, 1.165) is 6.42 Å². The molecule has 0 radical (unpaired) electrons. The van der Waals surface area contributed by atoms with Crippen LogP contribution in [-0.4, -0.2) is 29.5 Å². The normalized spacial score (nSPS) is 23.4. The van der Waals surface area contributed by atoms with Crippen molar-refractivity contribution in [3.63, 3.8) is 0 Å². The third kappa shape index (κ3) is 2.91. The predicted octanol–water partition coefficient (Wildman–Crippen LogP) is 3.15. The SMILES string of the molecule is CC(C)CC(C)(C)N1CCC(F)(F)C1. The van der Waals surface area contributed by atoms with Gasteiger partial charge in [-0.05, 0) is 26.2 Å². The maximum atomic E-state index is 13.0. The van der Waals surface area contributed by atoms with E-state index >= 15 is 0 Å². The van der Waals surface area contributed by atoms with Crippen LogP contribution >= 0.6 is 0 Å². The van der Waals surface area contributed by atoms with Crippen molar-refractivity contribution in [2.45, 2.75) is 52.0 Å². The first kappa shape index (κ1) is 11.9. The summed E-state index contributed by atoms with van der Waals surface area (Å²) in [6.45, 7) is 8.87. The molecule has 0 saturated carbocycles. The highest BCUT2D eigenvalue weighted by Gasteiger charge is 2.43. The van der Waals surface area contributed by atoms with Crippen LogP contribution in [0.15, 0.2) is 0 Å². The van der Waals surface area contributed by atoms with Gasteiger partial charge in [-0.25, -0.2) is 8.78 Å². The second-order valence-electron chi connectivity index (χ2n) is 5.44. The molecule has 0 atom stereocenters. The number of nitrogens with zero attached hydrogens (tertiary/aromatic N) is 1. The van der Waals surface area contributed by atoms with E-state index in [2.05, 4.69) is 27.7 Å². The molecule has 0 N–H and O–H groups in total. The average Bonchev–Trinajstić information content (AvgIpc) is 2.27. The van der Waals surface area contributed by atoms with Gasteiger partial charge in [0, 0.05) is 18.5 Å². The van der Waals surface area contributed by atoms with E-state index in [1.807, 2.05) is 4.90 Å². The summed E-state index contributed by atoms with van der Waals surface area (Å²) >= 11 is 0. The van der Waals surface area contributed by atoms with Gasteiger partial charge in [0.05, 0.1) is 6.54 Å². The lowest BCUT2D eigenvalue weighted by Crippen LogP contribution is -2.44. The Balaban J connectivity index is 2.57. The van der Waals surface area contributed by atoms with Gasteiger partial charge in [-0.3, -0.25) is 4.90 Å². The van der Waals surface area contributed by atoms with Crippen LogP contribution in [0, 0.1) is 5.92 Å². The number of halogens is 2. The molecule has 14 heavy (non-hydrogen) atoms. The van der Waals surface area contributed by atoms with E-state index in [1.165, 1.54) is 0 Å². The highest BCUT2D eigenvalue weighted by atomic mass is 19.3. The molecule has 3 heteroatoms. The first-order valence-electron chi connectivity index (χ1n) is 5.36. The molecule has 1 heterocycles. The summed E-state index contributed by atoms with van der Waals surface area (Å²) in [5.41, 5.74) is -0.0892. The molecule has 0 aromatic rings. The average molecular weight is 205 g/mol. The number of hydrogen-bond acceptors (Lipinski definition) is 1. The molecule has 0 aliphatic carbocycles. The Morgan fingerprint density at radius 3 is 2.29 bits per heavy atom. The summed E-state index contributed by atoms with van der Waals surface area (Å²) in [5, 5.41) is 0. The molecular weight excluding hydrogens is 184 g/mol. The molecular formula is C11H21F2N. The fourth-order valence-electron chi connectivity index (χ4n) is 2.38. The Morgan fingerprint density at radius 1 is 1.36 bits per heavy atom. The van der Waals surface area contributed by atoms with Crippen LogP contribution in [0.25, 0.3) is 0 Å². The van der Waals surface area contributed by atoms with E-state index in [0.29, 0.717) is 12.5 Å². The fourth-order valence-corrected chi connectivity index (χ4v) is 2.38.